The lowest BCUT2D eigenvalue weighted by molar-refractivity contribution is -0.383. The number of piperazine rings is 1. The first-order valence-corrected chi connectivity index (χ1v) is 14.8. The van der Waals surface area contributed by atoms with Crippen molar-refractivity contribution in [2.45, 2.75) is 57.1 Å². The third-order valence-corrected chi connectivity index (χ3v) is 10.1. The molecule has 0 N–H and O–H groups in total. The SMILES string of the molecule is CC(C)S(=O)(=O)OC1CCC(CN2CCN(c3cc(=O)c4cc(C(F)(F)F)cc([N+](=O)[O-])c4s3)CC2)CC1. The predicted octanol–water partition coefficient (Wildman–Crippen LogP) is 4.62. The fraction of sp³-hybridized carbons (Fsp3) is 0.625. The van der Waals surface area contributed by atoms with Crippen LogP contribution in [0.1, 0.15) is 45.1 Å². The van der Waals surface area contributed by atoms with Crippen LogP contribution in [0.15, 0.2) is 23.0 Å². The molecule has 1 saturated heterocycles. The third kappa shape index (κ3) is 6.46. The summed E-state index contributed by atoms with van der Waals surface area (Å²) in [6.07, 6.45) is -1.96. The molecule has 0 bridgehead atoms. The van der Waals surface area contributed by atoms with Crippen LogP contribution in [-0.4, -0.2) is 62.3 Å². The van der Waals surface area contributed by atoms with Crippen molar-refractivity contribution in [1.29, 1.82) is 0 Å². The zero-order chi connectivity index (χ0) is 27.8. The lowest BCUT2D eigenvalue weighted by Gasteiger charge is -2.38. The van der Waals surface area contributed by atoms with Crippen molar-refractivity contribution < 1.29 is 30.7 Å². The Kier molecular flexibility index (Phi) is 8.36. The molecule has 14 heteroatoms. The topological polar surface area (TPSA) is 110 Å². The van der Waals surface area contributed by atoms with E-state index in [0.29, 0.717) is 62.1 Å². The number of benzene rings is 1. The molecule has 0 atom stereocenters. The first kappa shape index (κ1) is 28.7. The molecular formula is C24H30F3N3O6S2. The van der Waals surface area contributed by atoms with E-state index in [1.54, 1.807) is 13.8 Å². The normalized spacial score (nSPS) is 21.8. The van der Waals surface area contributed by atoms with E-state index in [1.165, 1.54) is 6.07 Å². The number of fused-ring (bicyclic) bond motifs is 1. The van der Waals surface area contributed by atoms with Gasteiger partial charge in [-0.15, -0.1) is 11.3 Å². The molecule has 0 radical (unpaired) electrons. The van der Waals surface area contributed by atoms with Gasteiger partial charge in [-0.1, -0.05) is 0 Å². The summed E-state index contributed by atoms with van der Waals surface area (Å²) in [7, 11) is -3.53. The van der Waals surface area contributed by atoms with Gasteiger partial charge in [0, 0.05) is 50.2 Å². The maximum absolute atomic E-state index is 13.2. The molecular weight excluding hydrogens is 547 g/mol. The van der Waals surface area contributed by atoms with Crippen molar-refractivity contribution in [2.24, 2.45) is 5.92 Å². The molecule has 2 fully saturated rings. The lowest BCUT2D eigenvalue weighted by atomic mass is 9.87. The van der Waals surface area contributed by atoms with Gasteiger partial charge in [0.2, 0.25) is 0 Å². The van der Waals surface area contributed by atoms with Crippen LogP contribution in [0.2, 0.25) is 0 Å². The summed E-state index contributed by atoms with van der Waals surface area (Å²) >= 11 is 0.961. The van der Waals surface area contributed by atoms with E-state index in [4.69, 9.17) is 4.18 Å². The number of non-ortho nitro benzene ring substituents is 1. The second-order valence-corrected chi connectivity index (χ2v) is 13.3. The van der Waals surface area contributed by atoms with Crippen LogP contribution in [0.25, 0.3) is 10.1 Å². The highest BCUT2D eigenvalue weighted by molar-refractivity contribution is 7.87. The van der Waals surface area contributed by atoms with Crippen LogP contribution in [-0.2, 0) is 20.5 Å². The Labute approximate surface area is 222 Å². The van der Waals surface area contributed by atoms with Crippen molar-refractivity contribution >= 4 is 42.2 Å². The minimum atomic E-state index is -4.80. The minimum absolute atomic E-state index is 0.0635. The molecule has 1 aliphatic heterocycles. The Morgan fingerprint density at radius 2 is 1.74 bits per heavy atom. The molecule has 1 aliphatic carbocycles. The number of hydrogen-bond donors (Lipinski definition) is 0. The van der Waals surface area contributed by atoms with Gasteiger partial charge in [-0.3, -0.25) is 24.0 Å². The fourth-order valence-electron chi connectivity index (χ4n) is 4.91. The Morgan fingerprint density at radius 1 is 1.11 bits per heavy atom. The molecule has 2 aliphatic rings. The van der Waals surface area contributed by atoms with Crippen LogP contribution in [0, 0.1) is 16.0 Å². The Bertz CT molecular complexity index is 1350. The standard InChI is InChI=1S/C24H30F3N3O6S2/c1-15(2)38(34,35)36-18-5-3-16(4-6-18)14-28-7-9-29(10-8-28)22-13-21(31)19-11-17(24(25,26)27)12-20(30(32)33)23(19)37-22/h11-13,15-16,18H,3-10,14H2,1-2H3. The van der Waals surface area contributed by atoms with E-state index in [1.807, 2.05) is 4.90 Å². The minimum Gasteiger partial charge on any atom is -0.361 e. The van der Waals surface area contributed by atoms with Gasteiger partial charge in [-0.05, 0) is 51.5 Å². The number of anilines is 1. The Morgan fingerprint density at radius 3 is 2.29 bits per heavy atom. The van der Waals surface area contributed by atoms with Crippen LogP contribution in [0.4, 0.5) is 23.9 Å². The number of rotatable bonds is 7. The van der Waals surface area contributed by atoms with Crippen molar-refractivity contribution in [1.82, 2.24) is 4.90 Å². The highest BCUT2D eigenvalue weighted by Crippen LogP contribution is 2.39. The third-order valence-electron chi connectivity index (χ3n) is 7.16. The Balaban J connectivity index is 1.39. The van der Waals surface area contributed by atoms with Crippen molar-refractivity contribution in [3.05, 3.63) is 44.1 Å². The number of alkyl halides is 3. The first-order chi connectivity index (χ1) is 17.7. The first-order valence-electron chi connectivity index (χ1n) is 12.5. The maximum Gasteiger partial charge on any atom is 0.416 e. The number of hydrogen-bond acceptors (Lipinski definition) is 9. The largest absolute Gasteiger partial charge is 0.416 e. The van der Waals surface area contributed by atoms with E-state index in [2.05, 4.69) is 4.90 Å². The number of nitro benzene ring substituents is 1. The van der Waals surface area contributed by atoms with Gasteiger partial charge < -0.3 is 4.90 Å². The van der Waals surface area contributed by atoms with Gasteiger partial charge in [-0.2, -0.15) is 21.6 Å². The molecule has 0 spiro atoms. The molecule has 38 heavy (non-hydrogen) atoms. The lowest BCUT2D eigenvalue weighted by Crippen LogP contribution is -2.48. The van der Waals surface area contributed by atoms with Crippen molar-refractivity contribution in [3.63, 3.8) is 0 Å². The number of halogens is 3. The smallest absolute Gasteiger partial charge is 0.361 e. The second kappa shape index (κ2) is 11.1. The highest BCUT2D eigenvalue weighted by atomic mass is 32.2. The van der Waals surface area contributed by atoms with Gasteiger partial charge in [-0.25, -0.2) is 0 Å². The van der Waals surface area contributed by atoms with E-state index in [9.17, 15) is 36.5 Å². The molecule has 2 aromatic rings. The molecule has 0 amide bonds. The quantitative estimate of drug-likeness (QED) is 0.266. The molecule has 210 valence electrons. The van der Waals surface area contributed by atoms with Crippen molar-refractivity contribution in [3.8, 4) is 0 Å². The summed E-state index contributed by atoms with van der Waals surface area (Å²) in [6, 6.07) is 2.43. The monoisotopic (exact) mass is 577 g/mol. The Hall–Kier alpha value is -2.29. The second-order valence-electron chi connectivity index (χ2n) is 10.1. The summed E-state index contributed by atoms with van der Waals surface area (Å²) in [5, 5.41) is 11.1. The van der Waals surface area contributed by atoms with Crippen molar-refractivity contribution in [2.75, 3.05) is 37.6 Å². The molecule has 1 saturated carbocycles. The summed E-state index contributed by atoms with van der Waals surface area (Å²) < 4.78 is 69.0. The molecule has 2 heterocycles. The number of nitro groups is 1. The van der Waals surface area contributed by atoms with E-state index < -0.39 is 43.1 Å². The number of nitrogens with zero attached hydrogens (tertiary/aromatic N) is 3. The van der Waals surface area contributed by atoms with Gasteiger partial charge >= 0.3 is 6.18 Å². The molecule has 1 aromatic heterocycles. The predicted molar refractivity (Wildman–Crippen MR) is 139 cm³/mol. The summed E-state index contributed by atoms with van der Waals surface area (Å²) in [5.41, 5.74) is -2.62. The molecule has 9 nitrogen and oxygen atoms in total. The maximum atomic E-state index is 13.2. The average Bonchev–Trinajstić information content (AvgIpc) is 2.84. The van der Waals surface area contributed by atoms with Gasteiger partial charge in [0.05, 0.1) is 26.8 Å². The van der Waals surface area contributed by atoms with E-state index in [0.717, 1.165) is 30.7 Å². The fourth-order valence-corrected chi connectivity index (χ4v) is 6.90. The zero-order valence-electron chi connectivity index (χ0n) is 21.1. The van der Waals surface area contributed by atoms with E-state index >= 15 is 0 Å². The van der Waals surface area contributed by atoms with Gasteiger partial charge in [0.25, 0.3) is 15.8 Å². The summed E-state index contributed by atoms with van der Waals surface area (Å²) in [4.78, 5) is 27.6. The molecule has 4 rings (SSSR count). The summed E-state index contributed by atoms with van der Waals surface area (Å²) in [5.74, 6) is 0.422. The average molecular weight is 578 g/mol. The van der Waals surface area contributed by atoms with E-state index in [-0.39, 0.29) is 16.2 Å². The van der Waals surface area contributed by atoms with Gasteiger partial charge in [0.1, 0.15) is 4.70 Å². The van der Waals surface area contributed by atoms with Crippen LogP contribution < -0.4 is 10.3 Å². The van der Waals surface area contributed by atoms with Gasteiger partial charge in [0.15, 0.2) is 5.43 Å². The highest BCUT2D eigenvalue weighted by Gasteiger charge is 2.34. The molecule has 0 unspecified atom stereocenters. The zero-order valence-corrected chi connectivity index (χ0v) is 22.7. The summed E-state index contributed by atoms with van der Waals surface area (Å²) in [6.45, 7) is 6.60. The van der Waals surface area contributed by atoms with Crippen LogP contribution >= 0.6 is 11.3 Å². The molecule has 1 aromatic carbocycles. The van der Waals surface area contributed by atoms with Crippen LogP contribution in [0.5, 0.6) is 0 Å². The van der Waals surface area contributed by atoms with Crippen LogP contribution in [0.3, 0.4) is 0 Å².